The molecule has 1 aromatic heterocycles. The van der Waals surface area contributed by atoms with Crippen LogP contribution in [0.2, 0.25) is 0 Å². The zero-order valence-corrected chi connectivity index (χ0v) is 10.4. The first-order valence-electron chi connectivity index (χ1n) is 5.72. The molecule has 0 radical (unpaired) electrons. The van der Waals surface area contributed by atoms with Crippen molar-refractivity contribution in [2.24, 2.45) is 0 Å². The first-order valence-corrected chi connectivity index (χ1v) is 5.72. The fraction of sp³-hybridized carbons (Fsp3) is 0.143. The predicted molar refractivity (Wildman–Crippen MR) is 68.1 cm³/mol. The van der Waals surface area contributed by atoms with E-state index in [9.17, 15) is 14.3 Å². The van der Waals surface area contributed by atoms with E-state index in [2.05, 4.69) is 4.98 Å². The van der Waals surface area contributed by atoms with Gasteiger partial charge in [0, 0.05) is 25.4 Å². The Bertz CT molecular complexity index is 602. The number of aromatic nitrogens is 1. The zero-order valence-electron chi connectivity index (χ0n) is 10.4. The molecule has 0 atom stereocenters. The van der Waals surface area contributed by atoms with Crippen molar-refractivity contribution in [1.82, 2.24) is 9.88 Å². The average molecular weight is 260 g/mol. The molecule has 5 heteroatoms. The largest absolute Gasteiger partial charge is 0.508 e. The van der Waals surface area contributed by atoms with Gasteiger partial charge in [0.05, 0.1) is 5.56 Å². The highest BCUT2D eigenvalue weighted by molar-refractivity contribution is 5.93. The molecule has 4 nitrogen and oxygen atoms in total. The van der Waals surface area contributed by atoms with Crippen LogP contribution in [0, 0.1) is 5.95 Å². The third-order valence-electron chi connectivity index (χ3n) is 2.74. The number of aromatic hydroxyl groups is 1. The molecule has 0 bridgehead atoms. The molecule has 1 N–H and O–H groups in total. The molecule has 0 aliphatic carbocycles. The number of para-hydroxylation sites is 1. The Kier molecular flexibility index (Phi) is 3.75. The maximum absolute atomic E-state index is 13.4. The number of halogens is 1. The summed E-state index contributed by atoms with van der Waals surface area (Å²) in [6.45, 7) is 0.194. The Morgan fingerprint density at radius 1 is 1.32 bits per heavy atom. The Morgan fingerprint density at radius 2 is 2.05 bits per heavy atom. The predicted octanol–water partition coefficient (Wildman–Crippen LogP) is 2.20. The molecule has 0 aliphatic rings. The van der Waals surface area contributed by atoms with Crippen molar-refractivity contribution in [3.63, 3.8) is 0 Å². The highest BCUT2D eigenvalue weighted by Crippen LogP contribution is 2.18. The van der Waals surface area contributed by atoms with Crippen molar-refractivity contribution >= 4 is 5.91 Å². The van der Waals surface area contributed by atoms with Gasteiger partial charge in [0.25, 0.3) is 5.91 Å². The molecule has 19 heavy (non-hydrogen) atoms. The van der Waals surface area contributed by atoms with E-state index in [1.807, 2.05) is 0 Å². The van der Waals surface area contributed by atoms with Gasteiger partial charge in [-0.25, -0.2) is 4.98 Å². The minimum atomic E-state index is -0.795. The Balaban J connectivity index is 2.17. The van der Waals surface area contributed by atoms with Crippen molar-refractivity contribution in [3.8, 4) is 5.75 Å². The van der Waals surface area contributed by atoms with Gasteiger partial charge in [-0.3, -0.25) is 4.79 Å². The summed E-state index contributed by atoms with van der Waals surface area (Å²) in [6, 6.07) is 9.59. The smallest absolute Gasteiger partial charge is 0.258 e. The lowest BCUT2D eigenvalue weighted by molar-refractivity contribution is 0.0778. The van der Waals surface area contributed by atoms with Gasteiger partial charge >= 0.3 is 0 Å². The van der Waals surface area contributed by atoms with Gasteiger partial charge in [-0.2, -0.15) is 4.39 Å². The highest BCUT2D eigenvalue weighted by Gasteiger charge is 2.17. The quantitative estimate of drug-likeness (QED) is 0.861. The van der Waals surface area contributed by atoms with E-state index >= 15 is 0 Å². The van der Waals surface area contributed by atoms with E-state index in [1.165, 1.54) is 29.3 Å². The number of pyridine rings is 1. The zero-order chi connectivity index (χ0) is 13.8. The summed E-state index contributed by atoms with van der Waals surface area (Å²) in [7, 11) is 1.54. The lowest BCUT2D eigenvalue weighted by Crippen LogP contribution is -2.27. The molecule has 1 aromatic carbocycles. The van der Waals surface area contributed by atoms with E-state index in [4.69, 9.17) is 0 Å². The molecule has 0 spiro atoms. The van der Waals surface area contributed by atoms with Crippen molar-refractivity contribution in [2.75, 3.05) is 7.05 Å². The van der Waals surface area contributed by atoms with Crippen LogP contribution in [0.4, 0.5) is 4.39 Å². The van der Waals surface area contributed by atoms with Gasteiger partial charge in [0.2, 0.25) is 5.95 Å². The second kappa shape index (κ2) is 5.48. The van der Waals surface area contributed by atoms with E-state index < -0.39 is 11.9 Å². The number of carbonyl (C=O) groups is 1. The second-order valence-corrected chi connectivity index (χ2v) is 4.13. The van der Waals surface area contributed by atoms with Crippen LogP contribution in [0.5, 0.6) is 5.75 Å². The van der Waals surface area contributed by atoms with Crippen molar-refractivity contribution in [1.29, 1.82) is 0 Å². The van der Waals surface area contributed by atoms with Crippen LogP contribution in [-0.2, 0) is 6.54 Å². The molecule has 0 aliphatic heterocycles. The normalized spacial score (nSPS) is 10.2. The van der Waals surface area contributed by atoms with Crippen LogP contribution < -0.4 is 0 Å². The number of carbonyl (C=O) groups excluding carboxylic acids is 1. The van der Waals surface area contributed by atoms with Crippen molar-refractivity contribution < 1.29 is 14.3 Å². The molecule has 0 saturated carbocycles. The standard InChI is InChI=1S/C14H13FN2O2/c1-17(9-10-5-2-3-7-12(10)18)14(19)11-6-4-8-16-13(11)15/h2-8,18H,9H2,1H3. The minimum absolute atomic E-state index is 0.0829. The monoisotopic (exact) mass is 260 g/mol. The van der Waals surface area contributed by atoms with E-state index in [1.54, 1.807) is 25.2 Å². The van der Waals surface area contributed by atoms with Crippen LogP contribution in [0.15, 0.2) is 42.6 Å². The number of amides is 1. The summed E-state index contributed by atoms with van der Waals surface area (Å²) in [4.78, 5) is 16.8. The molecule has 0 unspecified atom stereocenters. The van der Waals surface area contributed by atoms with Crippen molar-refractivity contribution in [3.05, 3.63) is 59.7 Å². The summed E-state index contributed by atoms with van der Waals surface area (Å²) in [5.74, 6) is -1.17. The molecule has 2 aromatic rings. The number of rotatable bonds is 3. The highest BCUT2D eigenvalue weighted by atomic mass is 19.1. The number of benzene rings is 1. The average Bonchev–Trinajstić information content (AvgIpc) is 2.41. The summed E-state index contributed by atoms with van der Waals surface area (Å²) in [5, 5.41) is 9.64. The lowest BCUT2D eigenvalue weighted by atomic mass is 10.1. The van der Waals surface area contributed by atoms with Gasteiger partial charge in [-0.05, 0) is 18.2 Å². The number of phenolic OH excluding ortho intramolecular Hbond substituents is 1. The first-order chi connectivity index (χ1) is 9.09. The molecular formula is C14H13FN2O2. The SMILES string of the molecule is CN(Cc1ccccc1O)C(=O)c1cccnc1F. The molecule has 0 saturated heterocycles. The molecule has 1 heterocycles. The summed E-state index contributed by atoms with van der Waals surface area (Å²) in [5.41, 5.74) is 0.517. The first kappa shape index (κ1) is 13.0. The van der Waals surface area contributed by atoms with E-state index in [0.29, 0.717) is 5.56 Å². The summed E-state index contributed by atoms with van der Waals surface area (Å²) < 4.78 is 13.4. The van der Waals surface area contributed by atoms with E-state index in [0.717, 1.165) is 0 Å². The topological polar surface area (TPSA) is 53.4 Å². The number of hydrogen-bond acceptors (Lipinski definition) is 3. The van der Waals surface area contributed by atoms with Gasteiger partial charge < -0.3 is 10.0 Å². The van der Waals surface area contributed by atoms with Crippen LogP contribution in [-0.4, -0.2) is 27.9 Å². The van der Waals surface area contributed by atoms with Crippen molar-refractivity contribution in [2.45, 2.75) is 6.54 Å². The third-order valence-corrected chi connectivity index (χ3v) is 2.74. The molecule has 98 valence electrons. The number of nitrogens with zero attached hydrogens (tertiary/aromatic N) is 2. The van der Waals surface area contributed by atoms with Crippen LogP contribution >= 0.6 is 0 Å². The molecular weight excluding hydrogens is 247 g/mol. The molecule has 0 fully saturated rings. The molecule has 1 amide bonds. The Hall–Kier alpha value is -2.43. The number of phenols is 1. The fourth-order valence-electron chi connectivity index (χ4n) is 1.72. The van der Waals surface area contributed by atoms with Gasteiger partial charge in [-0.15, -0.1) is 0 Å². The third kappa shape index (κ3) is 2.88. The van der Waals surface area contributed by atoms with E-state index in [-0.39, 0.29) is 17.9 Å². The number of hydrogen-bond donors (Lipinski definition) is 1. The lowest BCUT2D eigenvalue weighted by Gasteiger charge is -2.18. The van der Waals surface area contributed by atoms with Gasteiger partial charge in [0.15, 0.2) is 0 Å². The van der Waals surface area contributed by atoms with Gasteiger partial charge in [0.1, 0.15) is 5.75 Å². The van der Waals surface area contributed by atoms with Crippen LogP contribution in [0.3, 0.4) is 0 Å². The fourth-order valence-corrected chi connectivity index (χ4v) is 1.72. The summed E-state index contributed by atoms with van der Waals surface area (Å²) >= 11 is 0. The second-order valence-electron chi connectivity index (χ2n) is 4.13. The Labute approximate surface area is 110 Å². The maximum atomic E-state index is 13.4. The summed E-state index contributed by atoms with van der Waals surface area (Å²) in [6.07, 6.45) is 1.29. The Morgan fingerprint density at radius 3 is 2.74 bits per heavy atom. The van der Waals surface area contributed by atoms with Gasteiger partial charge in [-0.1, -0.05) is 18.2 Å². The molecule has 2 rings (SSSR count). The maximum Gasteiger partial charge on any atom is 0.258 e. The minimum Gasteiger partial charge on any atom is -0.508 e. The van der Waals surface area contributed by atoms with Crippen LogP contribution in [0.25, 0.3) is 0 Å². The van der Waals surface area contributed by atoms with Crippen LogP contribution in [0.1, 0.15) is 15.9 Å².